The standard InChI is InChI=1S/C12H17NO6S2/c1-4-8-5-6-11(20-8)21(16,17)13-9(12(15)19-3)7-10(14)18-2/h5-6,9,13H,4,7H2,1-3H3/t9-/m0/s1. The van der Waals surface area contributed by atoms with Crippen molar-refractivity contribution in [3.8, 4) is 0 Å². The van der Waals surface area contributed by atoms with Crippen LogP contribution in [-0.2, 0) is 35.5 Å². The summed E-state index contributed by atoms with van der Waals surface area (Å²) in [7, 11) is -1.63. The highest BCUT2D eigenvalue weighted by atomic mass is 32.2. The van der Waals surface area contributed by atoms with Gasteiger partial charge in [-0.15, -0.1) is 11.3 Å². The van der Waals surface area contributed by atoms with E-state index < -0.39 is 34.4 Å². The Bertz CT molecular complexity index is 607. The molecular formula is C12H17NO6S2. The lowest BCUT2D eigenvalue weighted by Crippen LogP contribution is -2.42. The first kappa shape index (κ1) is 17.6. The summed E-state index contributed by atoms with van der Waals surface area (Å²) >= 11 is 1.11. The predicted molar refractivity (Wildman–Crippen MR) is 76.5 cm³/mol. The van der Waals surface area contributed by atoms with Crippen molar-refractivity contribution in [1.82, 2.24) is 4.72 Å². The Morgan fingerprint density at radius 2 is 1.95 bits per heavy atom. The molecule has 0 bridgehead atoms. The summed E-state index contributed by atoms with van der Waals surface area (Å²) in [6.07, 6.45) is 0.275. The molecule has 1 heterocycles. The van der Waals surface area contributed by atoms with E-state index in [2.05, 4.69) is 14.2 Å². The lowest BCUT2D eigenvalue weighted by Gasteiger charge is -2.14. The van der Waals surface area contributed by atoms with Gasteiger partial charge in [-0.2, -0.15) is 4.72 Å². The Balaban J connectivity index is 2.95. The van der Waals surface area contributed by atoms with Crippen molar-refractivity contribution in [2.75, 3.05) is 14.2 Å². The maximum absolute atomic E-state index is 12.2. The molecule has 0 aliphatic heterocycles. The molecule has 0 amide bonds. The molecular weight excluding hydrogens is 318 g/mol. The summed E-state index contributed by atoms with van der Waals surface area (Å²) in [6, 6.07) is 1.84. The van der Waals surface area contributed by atoms with Crippen LogP contribution < -0.4 is 4.72 Å². The van der Waals surface area contributed by atoms with E-state index in [1.807, 2.05) is 6.92 Å². The zero-order chi connectivity index (χ0) is 16.0. The van der Waals surface area contributed by atoms with Crippen LogP contribution in [0.3, 0.4) is 0 Å². The first-order valence-corrected chi connectivity index (χ1v) is 8.39. The van der Waals surface area contributed by atoms with Crippen LogP contribution in [0.25, 0.3) is 0 Å². The lowest BCUT2D eigenvalue weighted by atomic mass is 10.2. The number of thiophene rings is 1. The third kappa shape index (κ3) is 4.80. The number of ether oxygens (including phenoxy) is 2. The Morgan fingerprint density at radius 3 is 2.43 bits per heavy atom. The average Bonchev–Trinajstić information content (AvgIpc) is 2.95. The minimum Gasteiger partial charge on any atom is -0.469 e. The van der Waals surface area contributed by atoms with Crippen LogP contribution >= 0.6 is 11.3 Å². The minimum atomic E-state index is -3.90. The van der Waals surface area contributed by atoms with Gasteiger partial charge in [0.1, 0.15) is 10.3 Å². The molecule has 1 N–H and O–H groups in total. The molecule has 0 aliphatic carbocycles. The summed E-state index contributed by atoms with van der Waals surface area (Å²) in [5.41, 5.74) is 0. The molecule has 7 nitrogen and oxygen atoms in total. The average molecular weight is 335 g/mol. The number of aryl methyl sites for hydroxylation is 1. The van der Waals surface area contributed by atoms with E-state index in [9.17, 15) is 18.0 Å². The largest absolute Gasteiger partial charge is 0.469 e. The molecule has 9 heteroatoms. The van der Waals surface area contributed by atoms with Crippen LogP contribution in [0.1, 0.15) is 18.2 Å². The number of rotatable bonds is 7. The highest BCUT2D eigenvalue weighted by molar-refractivity contribution is 7.91. The Labute approximate surface area is 127 Å². The zero-order valence-electron chi connectivity index (χ0n) is 11.9. The van der Waals surface area contributed by atoms with Crippen molar-refractivity contribution in [2.45, 2.75) is 30.0 Å². The van der Waals surface area contributed by atoms with E-state index >= 15 is 0 Å². The number of sulfonamides is 1. The normalized spacial score (nSPS) is 12.7. The fraction of sp³-hybridized carbons (Fsp3) is 0.500. The van der Waals surface area contributed by atoms with Gasteiger partial charge in [0.05, 0.1) is 20.6 Å². The van der Waals surface area contributed by atoms with Crippen LogP contribution in [0.15, 0.2) is 16.3 Å². The Kier molecular flexibility index (Phi) is 6.31. The second-order valence-corrected chi connectivity index (χ2v) is 7.16. The van der Waals surface area contributed by atoms with Crippen LogP contribution in [0.4, 0.5) is 0 Å². The van der Waals surface area contributed by atoms with Gasteiger partial charge in [0.2, 0.25) is 0 Å². The topological polar surface area (TPSA) is 98.8 Å². The number of nitrogens with one attached hydrogen (secondary N) is 1. The van der Waals surface area contributed by atoms with Crippen molar-refractivity contribution in [3.63, 3.8) is 0 Å². The number of esters is 2. The molecule has 1 atom stereocenters. The van der Waals surface area contributed by atoms with Crippen molar-refractivity contribution >= 4 is 33.3 Å². The molecule has 0 radical (unpaired) electrons. The van der Waals surface area contributed by atoms with E-state index in [1.54, 1.807) is 6.07 Å². The Hall–Kier alpha value is -1.45. The summed E-state index contributed by atoms with van der Waals surface area (Å²) in [4.78, 5) is 23.7. The number of methoxy groups -OCH3 is 2. The van der Waals surface area contributed by atoms with Crippen LogP contribution in [0.5, 0.6) is 0 Å². The molecule has 0 saturated carbocycles. The fourth-order valence-electron chi connectivity index (χ4n) is 1.50. The van der Waals surface area contributed by atoms with Gasteiger partial charge in [0, 0.05) is 4.88 Å². The van der Waals surface area contributed by atoms with Gasteiger partial charge in [-0.1, -0.05) is 6.92 Å². The van der Waals surface area contributed by atoms with E-state index in [1.165, 1.54) is 6.07 Å². The van der Waals surface area contributed by atoms with E-state index in [-0.39, 0.29) is 4.21 Å². The molecule has 0 aromatic carbocycles. The first-order chi connectivity index (χ1) is 9.83. The SMILES string of the molecule is CCc1ccc(S(=O)(=O)N[C@@H](CC(=O)OC)C(=O)OC)s1. The summed E-state index contributed by atoms with van der Waals surface area (Å²) < 4.78 is 35.6. The molecule has 0 aliphatic rings. The van der Waals surface area contributed by atoms with Crippen LogP contribution in [-0.4, -0.2) is 40.6 Å². The van der Waals surface area contributed by atoms with Crippen LogP contribution in [0.2, 0.25) is 0 Å². The number of carbonyl (C=O) groups is 2. The smallest absolute Gasteiger partial charge is 0.324 e. The van der Waals surface area contributed by atoms with Gasteiger partial charge in [-0.3, -0.25) is 9.59 Å². The fourth-order valence-corrected chi connectivity index (χ4v) is 4.00. The van der Waals surface area contributed by atoms with Crippen molar-refractivity contribution in [2.24, 2.45) is 0 Å². The van der Waals surface area contributed by atoms with Crippen molar-refractivity contribution in [3.05, 3.63) is 17.0 Å². The van der Waals surface area contributed by atoms with Gasteiger partial charge in [0.25, 0.3) is 10.0 Å². The molecule has 0 unspecified atom stereocenters. The minimum absolute atomic E-state index is 0.0816. The Morgan fingerprint density at radius 1 is 1.29 bits per heavy atom. The molecule has 0 fully saturated rings. The van der Waals surface area contributed by atoms with Crippen molar-refractivity contribution in [1.29, 1.82) is 0 Å². The van der Waals surface area contributed by atoms with E-state index in [0.29, 0.717) is 6.42 Å². The second-order valence-electron chi connectivity index (χ2n) is 4.05. The van der Waals surface area contributed by atoms with Gasteiger partial charge in [-0.05, 0) is 18.6 Å². The lowest BCUT2D eigenvalue weighted by molar-refractivity contribution is -0.149. The number of hydrogen-bond donors (Lipinski definition) is 1. The van der Waals surface area contributed by atoms with E-state index in [4.69, 9.17) is 0 Å². The predicted octanol–water partition coefficient (Wildman–Crippen LogP) is 0.693. The maximum Gasteiger partial charge on any atom is 0.324 e. The molecule has 1 aromatic rings. The quantitative estimate of drug-likeness (QED) is 0.736. The first-order valence-electron chi connectivity index (χ1n) is 6.09. The zero-order valence-corrected chi connectivity index (χ0v) is 13.5. The van der Waals surface area contributed by atoms with Gasteiger partial charge in [0.15, 0.2) is 0 Å². The summed E-state index contributed by atoms with van der Waals surface area (Å²) in [5, 5.41) is 0. The number of carbonyl (C=O) groups excluding carboxylic acids is 2. The molecule has 21 heavy (non-hydrogen) atoms. The third-order valence-corrected chi connectivity index (χ3v) is 5.82. The molecule has 118 valence electrons. The number of hydrogen-bond acceptors (Lipinski definition) is 7. The highest BCUT2D eigenvalue weighted by Gasteiger charge is 2.29. The van der Waals surface area contributed by atoms with E-state index in [0.717, 1.165) is 30.4 Å². The maximum atomic E-state index is 12.2. The van der Waals surface area contributed by atoms with Crippen LogP contribution in [0, 0.1) is 0 Å². The van der Waals surface area contributed by atoms with Gasteiger partial charge >= 0.3 is 11.9 Å². The highest BCUT2D eigenvalue weighted by Crippen LogP contribution is 2.22. The molecule has 1 rings (SSSR count). The summed E-state index contributed by atoms with van der Waals surface area (Å²) in [5.74, 6) is -1.57. The second kappa shape index (κ2) is 7.53. The monoisotopic (exact) mass is 335 g/mol. The third-order valence-electron chi connectivity index (χ3n) is 2.63. The summed E-state index contributed by atoms with van der Waals surface area (Å²) in [6.45, 7) is 1.91. The molecule has 0 spiro atoms. The van der Waals surface area contributed by atoms with Gasteiger partial charge in [-0.25, -0.2) is 8.42 Å². The molecule has 1 aromatic heterocycles. The van der Waals surface area contributed by atoms with Gasteiger partial charge < -0.3 is 9.47 Å². The molecule has 0 saturated heterocycles. The van der Waals surface area contributed by atoms with Crippen molar-refractivity contribution < 1.29 is 27.5 Å².